The van der Waals surface area contributed by atoms with Gasteiger partial charge in [-0.25, -0.2) is 0 Å². The topological polar surface area (TPSA) is 29.5 Å². The Hall–Kier alpha value is -1.02. The van der Waals surface area contributed by atoms with Gasteiger partial charge in [0.2, 0.25) is 0 Å². The number of ether oxygens (including phenoxy) is 1. The molecule has 1 atom stereocenters. The summed E-state index contributed by atoms with van der Waals surface area (Å²) in [6, 6.07) is 7.83. The predicted octanol–water partition coefficient (Wildman–Crippen LogP) is 3.31. The highest BCUT2D eigenvalue weighted by atomic mass is 16.5. The fraction of sp³-hybridized carbons (Fsp3) is 0.571. The highest BCUT2D eigenvalue weighted by Gasteiger charge is 2.26. The molecule has 1 unspecified atom stereocenters. The van der Waals surface area contributed by atoms with Gasteiger partial charge < -0.3 is 9.84 Å². The molecule has 0 aromatic heterocycles. The predicted molar refractivity (Wildman–Crippen MR) is 64.5 cm³/mol. The van der Waals surface area contributed by atoms with Gasteiger partial charge in [0, 0.05) is 0 Å². The Bertz CT molecular complexity index is 325. The Morgan fingerprint density at radius 3 is 2.25 bits per heavy atom. The van der Waals surface area contributed by atoms with Gasteiger partial charge in [-0.2, -0.15) is 0 Å². The lowest BCUT2D eigenvalue weighted by molar-refractivity contribution is 0.0620. The molecule has 1 saturated carbocycles. The zero-order valence-electron chi connectivity index (χ0n) is 10.0. The zero-order chi connectivity index (χ0) is 11.5. The fourth-order valence-corrected chi connectivity index (χ4v) is 2.04. The average Bonchev–Trinajstić information content (AvgIpc) is 2.15. The molecule has 0 bridgehead atoms. The van der Waals surface area contributed by atoms with Crippen LogP contribution in [0, 0.1) is 5.92 Å². The first kappa shape index (κ1) is 11.5. The molecule has 1 N–H and O–H groups in total. The molecule has 88 valence electrons. The van der Waals surface area contributed by atoms with Gasteiger partial charge in [-0.15, -0.1) is 0 Å². The number of hydrogen-bond donors (Lipinski definition) is 1. The average molecular weight is 220 g/mol. The van der Waals surface area contributed by atoms with Gasteiger partial charge in [0.1, 0.15) is 5.75 Å². The smallest absolute Gasteiger partial charge is 0.119 e. The summed E-state index contributed by atoms with van der Waals surface area (Å²) >= 11 is 0. The summed E-state index contributed by atoms with van der Waals surface area (Å²) in [5.74, 6) is 1.34. The van der Waals surface area contributed by atoms with Gasteiger partial charge in [-0.05, 0) is 50.3 Å². The van der Waals surface area contributed by atoms with Crippen molar-refractivity contribution in [2.24, 2.45) is 5.92 Å². The van der Waals surface area contributed by atoms with Gasteiger partial charge in [0.15, 0.2) is 0 Å². The number of hydrogen-bond acceptors (Lipinski definition) is 2. The summed E-state index contributed by atoms with van der Waals surface area (Å²) in [6.45, 7) is 4.02. The minimum atomic E-state index is -0.290. The first-order valence-corrected chi connectivity index (χ1v) is 6.11. The normalized spacial score (nSPS) is 18.2. The molecule has 1 fully saturated rings. The van der Waals surface area contributed by atoms with E-state index in [9.17, 15) is 5.11 Å². The molecule has 1 aliphatic carbocycles. The van der Waals surface area contributed by atoms with Crippen LogP contribution in [0.15, 0.2) is 24.3 Å². The van der Waals surface area contributed by atoms with Crippen LogP contribution < -0.4 is 4.74 Å². The second-order valence-corrected chi connectivity index (χ2v) is 4.87. The van der Waals surface area contributed by atoms with Crippen molar-refractivity contribution in [3.63, 3.8) is 0 Å². The van der Waals surface area contributed by atoms with Crippen molar-refractivity contribution in [1.29, 1.82) is 0 Å². The first-order chi connectivity index (χ1) is 7.66. The Morgan fingerprint density at radius 2 is 1.81 bits per heavy atom. The Morgan fingerprint density at radius 1 is 1.19 bits per heavy atom. The molecule has 0 amide bonds. The molecule has 0 saturated heterocycles. The van der Waals surface area contributed by atoms with Crippen molar-refractivity contribution >= 4 is 0 Å². The third kappa shape index (κ3) is 2.56. The van der Waals surface area contributed by atoms with Gasteiger partial charge in [-0.1, -0.05) is 18.6 Å². The van der Waals surface area contributed by atoms with Crippen molar-refractivity contribution in [2.75, 3.05) is 0 Å². The zero-order valence-corrected chi connectivity index (χ0v) is 10.0. The number of aliphatic hydroxyl groups is 1. The second kappa shape index (κ2) is 4.88. The summed E-state index contributed by atoms with van der Waals surface area (Å²) in [6.07, 6.45) is 3.48. The Kier molecular flexibility index (Phi) is 3.49. The van der Waals surface area contributed by atoms with Crippen LogP contribution in [0.25, 0.3) is 0 Å². The first-order valence-electron chi connectivity index (χ1n) is 6.11. The fourth-order valence-electron chi connectivity index (χ4n) is 2.04. The quantitative estimate of drug-likeness (QED) is 0.843. The summed E-state index contributed by atoms with van der Waals surface area (Å²) in [5, 5.41) is 10.1. The molecular formula is C14H20O2. The van der Waals surface area contributed by atoms with Crippen molar-refractivity contribution in [3.05, 3.63) is 29.8 Å². The van der Waals surface area contributed by atoms with Crippen molar-refractivity contribution in [3.8, 4) is 5.75 Å². The van der Waals surface area contributed by atoms with E-state index in [1.807, 2.05) is 38.1 Å². The molecular weight excluding hydrogens is 200 g/mol. The lowest BCUT2D eigenvalue weighted by atomic mass is 9.79. The van der Waals surface area contributed by atoms with E-state index in [-0.39, 0.29) is 12.2 Å². The summed E-state index contributed by atoms with van der Waals surface area (Å²) in [4.78, 5) is 0. The van der Waals surface area contributed by atoms with Crippen LogP contribution in [-0.2, 0) is 0 Å². The van der Waals surface area contributed by atoms with E-state index in [4.69, 9.17) is 4.74 Å². The highest BCUT2D eigenvalue weighted by molar-refractivity contribution is 5.29. The summed E-state index contributed by atoms with van der Waals surface area (Å²) in [5.41, 5.74) is 1.01. The van der Waals surface area contributed by atoms with E-state index in [0.29, 0.717) is 5.92 Å². The molecule has 1 aromatic rings. The molecule has 2 nitrogen and oxygen atoms in total. The van der Waals surface area contributed by atoms with Gasteiger partial charge in [0.05, 0.1) is 12.2 Å². The van der Waals surface area contributed by atoms with E-state index < -0.39 is 0 Å². The van der Waals surface area contributed by atoms with Crippen molar-refractivity contribution in [1.82, 2.24) is 0 Å². The second-order valence-electron chi connectivity index (χ2n) is 4.87. The summed E-state index contributed by atoms with van der Waals surface area (Å²) in [7, 11) is 0. The minimum Gasteiger partial charge on any atom is -0.491 e. The summed E-state index contributed by atoms with van der Waals surface area (Å²) < 4.78 is 5.57. The van der Waals surface area contributed by atoms with E-state index >= 15 is 0 Å². The SMILES string of the molecule is CC(C)Oc1ccc(C(O)C2CCC2)cc1. The van der Waals surface area contributed by atoms with Crippen LogP contribution in [0.4, 0.5) is 0 Å². The molecule has 0 aliphatic heterocycles. The third-order valence-corrected chi connectivity index (χ3v) is 3.19. The largest absolute Gasteiger partial charge is 0.491 e. The molecule has 0 heterocycles. The lowest BCUT2D eigenvalue weighted by Gasteiger charge is -2.30. The molecule has 16 heavy (non-hydrogen) atoms. The number of aliphatic hydroxyl groups excluding tert-OH is 1. The minimum absolute atomic E-state index is 0.197. The maximum absolute atomic E-state index is 10.1. The van der Waals surface area contributed by atoms with Crippen LogP contribution in [0.1, 0.15) is 44.8 Å². The van der Waals surface area contributed by atoms with E-state index in [0.717, 1.165) is 24.2 Å². The van der Waals surface area contributed by atoms with E-state index in [1.54, 1.807) is 0 Å². The highest BCUT2D eigenvalue weighted by Crippen LogP contribution is 2.37. The molecule has 2 rings (SSSR count). The van der Waals surface area contributed by atoms with Crippen LogP contribution >= 0.6 is 0 Å². The van der Waals surface area contributed by atoms with Crippen molar-refractivity contribution in [2.45, 2.75) is 45.3 Å². The monoisotopic (exact) mass is 220 g/mol. The number of rotatable bonds is 4. The van der Waals surface area contributed by atoms with Crippen LogP contribution in [-0.4, -0.2) is 11.2 Å². The lowest BCUT2D eigenvalue weighted by Crippen LogP contribution is -2.19. The molecule has 1 aliphatic rings. The number of benzene rings is 1. The Balaban J connectivity index is 2.00. The van der Waals surface area contributed by atoms with Gasteiger partial charge in [-0.3, -0.25) is 0 Å². The van der Waals surface area contributed by atoms with E-state index in [1.165, 1.54) is 6.42 Å². The standard InChI is InChI=1S/C14H20O2/c1-10(2)16-13-8-6-12(7-9-13)14(15)11-4-3-5-11/h6-11,14-15H,3-5H2,1-2H3. The van der Waals surface area contributed by atoms with Crippen LogP contribution in [0.5, 0.6) is 5.75 Å². The maximum Gasteiger partial charge on any atom is 0.119 e. The molecule has 0 radical (unpaired) electrons. The van der Waals surface area contributed by atoms with Gasteiger partial charge in [0.25, 0.3) is 0 Å². The van der Waals surface area contributed by atoms with E-state index in [2.05, 4.69) is 0 Å². The third-order valence-electron chi connectivity index (χ3n) is 3.19. The van der Waals surface area contributed by atoms with Crippen molar-refractivity contribution < 1.29 is 9.84 Å². The molecule has 0 spiro atoms. The Labute approximate surface area is 97.3 Å². The van der Waals surface area contributed by atoms with Gasteiger partial charge >= 0.3 is 0 Å². The molecule has 2 heteroatoms. The molecule has 1 aromatic carbocycles. The van der Waals surface area contributed by atoms with Crippen LogP contribution in [0.3, 0.4) is 0 Å². The van der Waals surface area contributed by atoms with Crippen LogP contribution in [0.2, 0.25) is 0 Å². The maximum atomic E-state index is 10.1.